The number of imide groups is 1. The Balaban J connectivity index is 2.80. The molecule has 3 atom stereocenters. The van der Waals surface area contributed by atoms with E-state index in [1.807, 2.05) is 34.6 Å². The zero-order valence-corrected chi connectivity index (χ0v) is 20.2. The fraction of sp³-hybridized carbons (Fsp3) is 0.762. The molecule has 3 N–H and O–H groups in total. The van der Waals surface area contributed by atoms with Gasteiger partial charge in [-0.2, -0.15) is 12.6 Å². The molecule has 2 unspecified atom stereocenters. The van der Waals surface area contributed by atoms with Crippen LogP contribution in [-0.4, -0.2) is 65.4 Å². The van der Waals surface area contributed by atoms with E-state index in [4.69, 9.17) is 0 Å². The van der Waals surface area contributed by atoms with E-state index in [0.29, 0.717) is 6.42 Å². The van der Waals surface area contributed by atoms with Crippen molar-refractivity contribution in [3.63, 3.8) is 0 Å². The fourth-order valence-corrected chi connectivity index (χ4v) is 3.48. The van der Waals surface area contributed by atoms with Crippen LogP contribution in [0.1, 0.15) is 60.3 Å². The van der Waals surface area contributed by atoms with Gasteiger partial charge in [0.25, 0.3) is 0 Å². The van der Waals surface area contributed by atoms with E-state index in [0.717, 1.165) is 4.90 Å². The highest BCUT2D eigenvalue weighted by molar-refractivity contribution is 7.81. The number of nitrogens with one attached hydrogen (secondary N) is 3. The Bertz CT molecular complexity index is 688. The van der Waals surface area contributed by atoms with E-state index in [-0.39, 0.29) is 49.4 Å². The van der Waals surface area contributed by atoms with E-state index in [1.54, 1.807) is 0 Å². The van der Waals surface area contributed by atoms with Crippen LogP contribution in [0.5, 0.6) is 0 Å². The van der Waals surface area contributed by atoms with Crippen molar-refractivity contribution in [2.45, 2.75) is 77.6 Å². The zero-order chi connectivity index (χ0) is 23.9. The number of carbonyl (C=O) groups is 5. The summed E-state index contributed by atoms with van der Waals surface area (Å²) in [4.78, 5) is 62.4. The monoisotopic (exact) mass is 456 g/mol. The van der Waals surface area contributed by atoms with Crippen molar-refractivity contribution < 1.29 is 24.0 Å². The maximum atomic E-state index is 12.9. The lowest BCUT2D eigenvalue weighted by Crippen LogP contribution is -2.58. The molecule has 1 fully saturated rings. The Morgan fingerprint density at radius 3 is 2.00 bits per heavy atom. The molecule has 0 radical (unpaired) electrons. The molecule has 5 amide bonds. The van der Waals surface area contributed by atoms with Gasteiger partial charge in [-0.25, -0.2) is 0 Å². The average Bonchev–Trinajstić information content (AvgIpc) is 2.99. The second kappa shape index (κ2) is 11.5. The summed E-state index contributed by atoms with van der Waals surface area (Å²) < 4.78 is 0. The standard InChI is InChI=1S/C21H36N4O5S/c1-12(2)11-13(18(28)24-17(20(30)22-6)21(3,4)5)23-19(29)14(31)9-10-25-15(26)7-8-16(25)27/h12-14,17,31H,7-11H2,1-6H3,(H,22,30)(H,23,29)(H,24,28)/t13?,14?,17-/m1/s1. The molecule has 176 valence electrons. The zero-order valence-electron chi connectivity index (χ0n) is 19.3. The van der Waals surface area contributed by atoms with E-state index in [1.165, 1.54) is 7.05 Å². The number of thiol groups is 1. The van der Waals surface area contributed by atoms with E-state index >= 15 is 0 Å². The van der Waals surface area contributed by atoms with Crippen LogP contribution >= 0.6 is 12.6 Å². The van der Waals surface area contributed by atoms with Gasteiger partial charge in [0.05, 0.1) is 5.25 Å². The van der Waals surface area contributed by atoms with Gasteiger partial charge in [-0.1, -0.05) is 34.6 Å². The summed E-state index contributed by atoms with van der Waals surface area (Å²) >= 11 is 4.30. The van der Waals surface area contributed by atoms with Crippen molar-refractivity contribution in [1.82, 2.24) is 20.9 Å². The molecule has 31 heavy (non-hydrogen) atoms. The third-order valence-electron chi connectivity index (χ3n) is 5.08. The van der Waals surface area contributed by atoms with Crippen LogP contribution in [0.4, 0.5) is 0 Å². The first kappa shape index (κ1) is 26.9. The molecule has 0 spiro atoms. The maximum Gasteiger partial charge on any atom is 0.243 e. The van der Waals surface area contributed by atoms with Gasteiger partial charge in [0.2, 0.25) is 29.5 Å². The lowest BCUT2D eigenvalue weighted by Gasteiger charge is -2.32. The largest absolute Gasteiger partial charge is 0.357 e. The van der Waals surface area contributed by atoms with Crippen molar-refractivity contribution >= 4 is 42.2 Å². The number of nitrogens with zero attached hydrogens (tertiary/aromatic N) is 1. The van der Waals surface area contributed by atoms with Gasteiger partial charge in [0.15, 0.2) is 0 Å². The molecule has 9 nitrogen and oxygen atoms in total. The Kier molecular flexibility index (Phi) is 9.99. The Hall–Kier alpha value is -2.10. The molecule has 1 aliphatic rings. The minimum absolute atomic E-state index is 0.113. The van der Waals surface area contributed by atoms with Gasteiger partial charge < -0.3 is 16.0 Å². The smallest absolute Gasteiger partial charge is 0.243 e. The Labute approximate surface area is 189 Å². The molecule has 10 heteroatoms. The van der Waals surface area contributed by atoms with Gasteiger partial charge in [0, 0.05) is 26.4 Å². The van der Waals surface area contributed by atoms with Gasteiger partial charge in [-0.15, -0.1) is 0 Å². The molecule has 0 aromatic heterocycles. The van der Waals surface area contributed by atoms with Crippen LogP contribution < -0.4 is 16.0 Å². The first-order chi connectivity index (χ1) is 14.3. The van der Waals surface area contributed by atoms with Gasteiger partial charge in [0.1, 0.15) is 12.1 Å². The maximum absolute atomic E-state index is 12.9. The topological polar surface area (TPSA) is 125 Å². The summed E-state index contributed by atoms with van der Waals surface area (Å²) in [7, 11) is 1.50. The second-order valence-corrected chi connectivity index (χ2v) is 9.98. The predicted molar refractivity (Wildman–Crippen MR) is 120 cm³/mol. The van der Waals surface area contributed by atoms with E-state index in [9.17, 15) is 24.0 Å². The minimum Gasteiger partial charge on any atom is -0.357 e. The van der Waals surface area contributed by atoms with Crippen LogP contribution in [0, 0.1) is 11.3 Å². The van der Waals surface area contributed by atoms with Crippen molar-refractivity contribution in [3.05, 3.63) is 0 Å². The molecule has 0 saturated carbocycles. The highest BCUT2D eigenvalue weighted by Gasteiger charge is 2.35. The lowest BCUT2D eigenvalue weighted by molar-refractivity contribution is -0.139. The molecule has 0 bridgehead atoms. The minimum atomic E-state index is -0.841. The highest BCUT2D eigenvalue weighted by atomic mass is 32.1. The fourth-order valence-electron chi connectivity index (χ4n) is 3.29. The summed E-state index contributed by atoms with van der Waals surface area (Å²) in [5.41, 5.74) is -0.525. The molecule has 1 rings (SSSR count). The van der Waals surface area contributed by atoms with Crippen LogP contribution in [0.3, 0.4) is 0 Å². The van der Waals surface area contributed by atoms with Crippen LogP contribution in [0.2, 0.25) is 0 Å². The third kappa shape index (κ3) is 8.16. The molecule has 0 aromatic carbocycles. The highest BCUT2D eigenvalue weighted by Crippen LogP contribution is 2.20. The Morgan fingerprint density at radius 1 is 1.00 bits per heavy atom. The number of rotatable bonds is 10. The summed E-state index contributed by atoms with van der Waals surface area (Å²) in [5, 5.41) is 7.23. The summed E-state index contributed by atoms with van der Waals surface area (Å²) in [6.45, 7) is 9.49. The third-order valence-corrected chi connectivity index (χ3v) is 5.58. The number of carbonyl (C=O) groups excluding carboxylic acids is 5. The second-order valence-electron chi connectivity index (χ2n) is 9.36. The summed E-state index contributed by atoms with van der Waals surface area (Å²) in [5.74, 6) is -1.60. The van der Waals surface area contributed by atoms with E-state index < -0.39 is 34.6 Å². The molecule has 1 aliphatic heterocycles. The van der Waals surface area contributed by atoms with Gasteiger partial charge >= 0.3 is 0 Å². The SMILES string of the molecule is CNC(=O)[C@@H](NC(=O)C(CC(C)C)NC(=O)C(S)CCN1C(=O)CCC1=O)C(C)(C)C. The normalized spacial score (nSPS) is 17.4. The average molecular weight is 457 g/mol. The number of hydrogen-bond donors (Lipinski definition) is 4. The molecular formula is C21H36N4O5S. The number of hydrogen-bond acceptors (Lipinski definition) is 6. The van der Waals surface area contributed by atoms with Crippen LogP contribution in [0.15, 0.2) is 0 Å². The molecular weight excluding hydrogens is 420 g/mol. The van der Waals surface area contributed by atoms with Crippen molar-refractivity contribution in [1.29, 1.82) is 0 Å². The van der Waals surface area contributed by atoms with Crippen LogP contribution in [0.25, 0.3) is 0 Å². The molecule has 0 aromatic rings. The predicted octanol–water partition coefficient (Wildman–Crippen LogP) is 0.632. The van der Waals surface area contributed by atoms with Gasteiger partial charge in [-0.05, 0) is 24.2 Å². The number of amides is 5. The van der Waals surface area contributed by atoms with Crippen LogP contribution in [-0.2, 0) is 24.0 Å². The molecule has 1 heterocycles. The summed E-state index contributed by atoms with van der Waals surface area (Å²) in [6.07, 6.45) is 0.954. The van der Waals surface area contributed by atoms with Crippen molar-refractivity contribution in [3.8, 4) is 0 Å². The van der Waals surface area contributed by atoms with Gasteiger partial charge in [-0.3, -0.25) is 28.9 Å². The Morgan fingerprint density at radius 2 is 1.55 bits per heavy atom. The van der Waals surface area contributed by atoms with E-state index in [2.05, 4.69) is 28.6 Å². The number of likely N-dealkylation sites (N-methyl/N-ethyl adjacent to an activating group) is 1. The molecule has 0 aliphatic carbocycles. The first-order valence-electron chi connectivity index (χ1n) is 10.6. The lowest BCUT2D eigenvalue weighted by atomic mass is 9.85. The van der Waals surface area contributed by atoms with Crippen molar-refractivity contribution in [2.75, 3.05) is 13.6 Å². The molecule has 1 saturated heterocycles. The summed E-state index contributed by atoms with van der Waals surface area (Å²) in [6, 6.07) is -1.61. The quantitative estimate of drug-likeness (QED) is 0.284. The van der Waals surface area contributed by atoms with Crippen molar-refractivity contribution in [2.24, 2.45) is 11.3 Å². The number of likely N-dealkylation sites (tertiary alicyclic amines) is 1. The first-order valence-corrected chi connectivity index (χ1v) is 11.1.